The van der Waals surface area contributed by atoms with E-state index in [0.717, 1.165) is 45.4 Å². The molecule has 0 aliphatic carbocycles. The highest BCUT2D eigenvalue weighted by Crippen LogP contribution is 2.33. The number of anilines is 1. The molecule has 1 unspecified atom stereocenters. The number of aromatic nitrogens is 1. The Bertz CT molecular complexity index is 2570. The average molecular weight is 1090 g/mol. The van der Waals surface area contributed by atoms with Crippen LogP contribution in [0.25, 0.3) is 0 Å². The molecule has 77 heavy (non-hydrogen) atoms. The van der Waals surface area contributed by atoms with Crippen LogP contribution >= 0.6 is 11.3 Å². The van der Waals surface area contributed by atoms with E-state index in [1.165, 1.54) is 31.4 Å². The number of carboxylic acids is 1. The zero-order valence-corrected chi connectivity index (χ0v) is 46.7. The van der Waals surface area contributed by atoms with Crippen molar-refractivity contribution >= 4 is 82.2 Å². The van der Waals surface area contributed by atoms with Crippen LogP contribution in [0.15, 0.2) is 47.9 Å². The molecular formula is C54H74N8O14S. The van der Waals surface area contributed by atoms with E-state index in [9.17, 15) is 57.8 Å². The average Bonchev–Trinajstić information content (AvgIpc) is 4.08. The molecule has 0 saturated carbocycles. The molecule has 3 heterocycles. The maximum Gasteiger partial charge on any atom is 0.311 e. The number of nitrogens with zero attached hydrogens (tertiary/aromatic N) is 5. The zero-order chi connectivity index (χ0) is 57.5. The number of hydrogen-bond donors (Lipinski definition) is 4. The molecule has 0 fully saturated rings. The highest BCUT2D eigenvalue weighted by Gasteiger charge is 2.37. The lowest BCUT2D eigenvalue weighted by atomic mass is 9.88. The highest BCUT2D eigenvalue weighted by molar-refractivity contribution is 7.09. The summed E-state index contributed by atoms with van der Waals surface area (Å²) in [6.07, 6.45) is 4.14. The molecule has 22 nitrogen and oxygen atoms in total. The number of thiazole rings is 1. The van der Waals surface area contributed by atoms with Gasteiger partial charge in [-0.05, 0) is 83.2 Å². The summed E-state index contributed by atoms with van der Waals surface area (Å²) >= 11 is 1.07. The zero-order valence-electron chi connectivity index (χ0n) is 45.8. The Morgan fingerprint density at radius 2 is 1.43 bits per heavy atom. The summed E-state index contributed by atoms with van der Waals surface area (Å²) in [5.41, 5.74) is -0.353. The summed E-state index contributed by atoms with van der Waals surface area (Å²) in [4.78, 5) is 151. The first-order valence-electron chi connectivity index (χ1n) is 25.7. The maximum absolute atomic E-state index is 14.4. The Kier molecular flexibility index (Phi) is 22.9. The third kappa shape index (κ3) is 17.7. The molecule has 2 aromatic rings. The molecule has 0 radical (unpaired) electrons. The lowest BCUT2D eigenvalue weighted by Gasteiger charge is -2.37. The molecule has 2 aliphatic heterocycles. The van der Waals surface area contributed by atoms with E-state index in [1.54, 1.807) is 50.9 Å². The van der Waals surface area contributed by atoms with Crippen molar-refractivity contribution < 1.29 is 67.3 Å². The van der Waals surface area contributed by atoms with E-state index in [4.69, 9.17) is 9.47 Å². The van der Waals surface area contributed by atoms with Crippen molar-refractivity contribution in [1.82, 2.24) is 35.2 Å². The molecule has 8 amide bonds. The minimum atomic E-state index is -1.13. The maximum atomic E-state index is 14.4. The first-order valence-corrected chi connectivity index (χ1v) is 26.6. The second kappa shape index (κ2) is 28.3. The van der Waals surface area contributed by atoms with E-state index in [0.29, 0.717) is 12.0 Å². The smallest absolute Gasteiger partial charge is 0.311 e. The van der Waals surface area contributed by atoms with Crippen LogP contribution in [0, 0.1) is 23.7 Å². The number of amides is 8. The van der Waals surface area contributed by atoms with Crippen molar-refractivity contribution in [2.45, 2.75) is 130 Å². The van der Waals surface area contributed by atoms with Crippen LogP contribution in [0.2, 0.25) is 0 Å². The number of rotatable bonds is 30. The number of aliphatic carboxylic acids is 1. The fourth-order valence-corrected chi connectivity index (χ4v) is 9.36. The van der Waals surface area contributed by atoms with E-state index >= 15 is 0 Å². The van der Waals surface area contributed by atoms with Crippen molar-refractivity contribution in [1.29, 1.82) is 0 Å². The Labute approximate surface area is 453 Å². The van der Waals surface area contributed by atoms with Crippen LogP contribution in [-0.2, 0) is 59.1 Å². The Morgan fingerprint density at radius 1 is 0.844 bits per heavy atom. The van der Waals surface area contributed by atoms with Crippen molar-refractivity contribution in [3.8, 4) is 5.75 Å². The lowest BCUT2D eigenvalue weighted by molar-refractivity contribution is -0.149. The largest absolute Gasteiger partial charge is 0.481 e. The molecule has 1 aromatic heterocycles. The number of carbonyl (C=O) groups is 11. The van der Waals surface area contributed by atoms with Gasteiger partial charge in [-0.15, -0.1) is 11.3 Å². The summed E-state index contributed by atoms with van der Waals surface area (Å²) in [5.74, 6) is -7.95. The molecule has 23 heteroatoms. The fourth-order valence-electron chi connectivity index (χ4n) is 8.52. The van der Waals surface area contributed by atoms with Crippen molar-refractivity contribution in [2.24, 2.45) is 23.7 Å². The number of nitrogens with one attached hydrogen (secondary N) is 3. The van der Waals surface area contributed by atoms with Crippen LogP contribution in [0.4, 0.5) is 5.69 Å². The van der Waals surface area contributed by atoms with Gasteiger partial charge in [-0.1, -0.05) is 47.1 Å². The number of likely N-dealkylation sites (N-methyl/N-ethyl adjacent to an activating group) is 1. The molecule has 420 valence electrons. The Hall–Kier alpha value is -7.14. The molecule has 1 aromatic carbocycles. The quantitative estimate of drug-likeness (QED) is 0.0478. The monoisotopic (exact) mass is 1090 g/mol. The molecule has 4 N–H and O–H groups in total. The minimum Gasteiger partial charge on any atom is -0.481 e. The topological polar surface area (TPSA) is 288 Å². The molecule has 0 spiro atoms. The number of ether oxygens (including phenoxy) is 2. The summed E-state index contributed by atoms with van der Waals surface area (Å²) in [6.45, 7) is 14.2. The third-order valence-electron chi connectivity index (χ3n) is 14.0. The van der Waals surface area contributed by atoms with E-state index in [1.807, 2.05) is 27.7 Å². The van der Waals surface area contributed by atoms with E-state index in [-0.39, 0.29) is 110 Å². The van der Waals surface area contributed by atoms with Gasteiger partial charge in [-0.3, -0.25) is 67.4 Å². The van der Waals surface area contributed by atoms with Crippen LogP contribution in [-0.4, -0.2) is 153 Å². The predicted octanol–water partition coefficient (Wildman–Crippen LogP) is 4.45. The number of imide groups is 2. The van der Waals surface area contributed by atoms with Gasteiger partial charge < -0.3 is 35.4 Å². The van der Waals surface area contributed by atoms with Crippen LogP contribution < -0.4 is 20.7 Å². The Morgan fingerprint density at radius 3 is 1.96 bits per heavy atom. The summed E-state index contributed by atoms with van der Waals surface area (Å²) < 4.78 is 11.5. The predicted molar refractivity (Wildman–Crippen MR) is 284 cm³/mol. The van der Waals surface area contributed by atoms with Crippen LogP contribution in [0.3, 0.4) is 0 Å². The van der Waals surface area contributed by atoms with Gasteiger partial charge in [0.25, 0.3) is 29.5 Å². The van der Waals surface area contributed by atoms with Crippen LogP contribution in [0.1, 0.15) is 127 Å². The third-order valence-corrected chi connectivity index (χ3v) is 14.9. The van der Waals surface area contributed by atoms with Gasteiger partial charge in [0.2, 0.25) is 17.7 Å². The number of hydrogen-bond acceptors (Lipinski definition) is 16. The molecule has 6 atom stereocenters. The molecule has 0 saturated heterocycles. The molecule has 0 bridgehead atoms. The van der Waals surface area contributed by atoms with Gasteiger partial charge in [-0.2, -0.15) is 0 Å². The van der Waals surface area contributed by atoms with Gasteiger partial charge in [0.05, 0.1) is 23.1 Å². The van der Waals surface area contributed by atoms with Gasteiger partial charge >= 0.3 is 17.9 Å². The normalized spacial score (nSPS) is 15.8. The van der Waals surface area contributed by atoms with E-state index < -0.39 is 88.9 Å². The number of esters is 2. The first-order chi connectivity index (χ1) is 36.1. The molecular weight excluding hydrogens is 1020 g/mol. The van der Waals surface area contributed by atoms with Gasteiger partial charge in [0, 0.05) is 94.6 Å². The van der Waals surface area contributed by atoms with Crippen molar-refractivity contribution in [2.75, 3.05) is 46.1 Å². The summed E-state index contributed by atoms with van der Waals surface area (Å²) in [5, 5.41) is 20.3. The number of benzene rings is 1. The molecule has 2 aliphatic rings. The van der Waals surface area contributed by atoms with Gasteiger partial charge in [-0.25, -0.2) is 4.98 Å². The summed E-state index contributed by atoms with van der Waals surface area (Å²) in [6, 6.07) is 3.15. The summed E-state index contributed by atoms with van der Waals surface area (Å²) in [7, 11) is 5.29. The minimum absolute atomic E-state index is 0.0107. The van der Waals surface area contributed by atoms with Gasteiger partial charge in [0.15, 0.2) is 11.9 Å². The first kappa shape index (κ1) is 62.4. The SMILES string of the molecule is CC[C@H](C)[C@H](CNC(=O)C(C)(C)N(C)C)C(=O)N(C)[C@H](C[C@@H](OC(C)=O)c1nc(C(=O)N[C@@H](Cc2ccc(OC(=O)CCCN3C(=O)C=CC3=O)c(NC(=O)CCCN3C(=O)C=CC3=O)c2)CC(C)C(=O)O)cs1)C(C)C. The molecule has 4 rings (SSSR count). The number of carboxylic acid groups (broad SMARTS) is 1. The van der Waals surface area contributed by atoms with Crippen LogP contribution in [0.5, 0.6) is 5.75 Å². The van der Waals surface area contributed by atoms with E-state index in [2.05, 4.69) is 20.9 Å². The fraction of sp³-hybridized carbons (Fsp3) is 0.556. The standard InChI is InChI=1S/C54H74N8O14S/c1-12-32(4)37(29-55-53(74)54(7,8)59(9)10)51(71)60(11)40(31(2)3)28-42(75-34(6)63)50-58-39(30-77-50)49(70)56-36(25-33(5)52(72)73)26-35-17-18-41(76-48(69)16-14-24-62-46(67)21-22-47(62)68)38(27-35)57-43(64)15-13-23-61-44(65)19-20-45(61)66/h17-22,27,30-33,36-37,40,42H,12-16,23-26,28-29H2,1-11H3,(H,55,74)(H,56,70)(H,57,64)(H,72,73)/t32-,33?,36+,37-,40+,42+/m0/s1. The van der Waals surface area contributed by atoms with Gasteiger partial charge in [0.1, 0.15) is 10.7 Å². The number of carbonyl (C=O) groups excluding carboxylic acids is 10. The highest BCUT2D eigenvalue weighted by atomic mass is 32.1. The van der Waals surface area contributed by atoms with Crippen molar-refractivity contribution in [3.05, 3.63) is 64.1 Å². The van der Waals surface area contributed by atoms with Crippen molar-refractivity contribution in [3.63, 3.8) is 0 Å². The lowest BCUT2D eigenvalue weighted by Crippen LogP contribution is -2.54. The Balaban J connectivity index is 1.56. The second-order valence-electron chi connectivity index (χ2n) is 20.6. The second-order valence-corrected chi connectivity index (χ2v) is 21.4.